The van der Waals surface area contributed by atoms with Crippen molar-refractivity contribution in [2.75, 3.05) is 5.32 Å². The fourth-order valence-electron chi connectivity index (χ4n) is 1.46. The number of anilines is 1. The van der Waals surface area contributed by atoms with E-state index in [2.05, 4.69) is 26.2 Å². The van der Waals surface area contributed by atoms with Gasteiger partial charge < -0.3 is 5.32 Å². The van der Waals surface area contributed by atoms with Crippen LogP contribution in [-0.4, -0.2) is 9.91 Å². The summed E-state index contributed by atoms with van der Waals surface area (Å²) in [5.41, 5.74) is 1.81. The van der Waals surface area contributed by atoms with Gasteiger partial charge in [-0.3, -0.25) is 10.1 Å². The smallest absolute Gasteiger partial charge is 0.324 e. The standard InChI is InChI=1S/C11H10BrN3O2S/c1-7-9(3-4-10(12)14-7)13-6-8-2-5-11(18-8)15(16)17/h2-5,13H,6H2,1H3. The van der Waals surface area contributed by atoms with Gasteiger partial charge in [-0.25, -0.2) is 4.98 Å². The summed E-state index contributed by atoms with van der Waals surface area (Å²) in [6.07, 6.45) is 0. The van der Waals surface area contributed by atoms with Crippen molar-refractivity contribution in [2.45, 2.75) is 13.5 Å². The minimum Gasteiger partial charge on any atom is -0.379 e. The van der Waals surface area contributed by atoms with Crippen molar-refractivity contribution in [3.63, 3.8) is 0 Å². The van der Waals surface area contributed by atoms with E-state index >= 15 is 0 Å². The second kappa shape index (κ2) is 5.45. The Morgan fingerprint density at radius 1 is 1.44 bits per heavy atom. The lowest BCUT2D eigenvalue weighted by molar-refractivity contribution is -0.380. The molecule has 0 saturated heterocycles. The van der Waals surface area contributed by atoms with Gasteiger partial charge in [-0.2, -0.15) is 0 Å². The summed E-state index contributed by atoms with van der Waals surface area (Å²) >= 11 is 4.48. The fraction of sp³-hybridized carbons (Fsp3) is 0.182. The van der Waals surface area contributed by atoms with E-state index in [0.29, 0.717) is 6.54 Å². The number of rotatable bonds is 4. The Hall–Kier alpha value is -1.47. The molecular weight excluding hydrogens is 318 g/mol. The number of nitrogens with zero attached hydrogens (tertiary/aromatic N) is 2. The third-order valence-electron chi connectivity index (χ3n) is 2.33. The zero-order chi connectivity index (χ0) is 13.1. The molecule has 18 heavy (non-hydrogen) atoms. The van der Waals surface area contributed by atoms with Crippen LogP contribution in [0.2, 0.25) is 0 Å². The first-order valence-electron chi connectivity index (χ1n) is 5.16. The minimum absolute atomic E-state index is 0.164. The number of hydrogen-bond donors (Lipinski definition) is 1. The summed E-state index contributed by atoms with van der Waals surface area (Å²) in [4.78, 5) is 15.4. The molecule has 2 rings (SSSR count). The van der Waals surface area contributed by atoms with Gasteiger partial charge in [0.05, 0.1) is 16.3 Å². The topological polar surface area (TPSA) is 68.1 Å². The van der Waals surface area contributed by atoms with Gasteiger partial charge in [-0.15, -0.1) is 0 Å². The van der Waals surface area contributed by atoms with Crippen LogP contribution in [0.15, 0.2) is 28.9 Å². The van der Waals surface area contributed by atoms with Gasteiger partial charge in [-0.1, -0.05) is 11.3 Å². The SMILES string of the molecule is Cc1nc(Br)ccc1NCc1ccc([N+](=O)[O-])s1. The zero-order valence-electron chi connectivity index (χ0n) is 9.51. The van der Waals surface area contributed by atoms with Gasteiger partial charge >= 0.3 is 5.00 Å². The van der Waals surface area contributed by atoms with Crippen LogP contribution in [0.5, 0.6) is 0 Å². The van der Waals surface area contributed by atoms with E-state index in [1.807, 2.05) is 19.1 Å². The quantitative estimate of drug-likeness (QED) is 0.527. The number of nitrogens with one attached hydrogen (secondary N) is 1. The Morgan fingerprint density at radius 3 is 2.83 bits per heavy atom. The number of pyridine rings is 1. The molecule has 0 aliphatic rings. The largest absolute Gasteiger partial charge is 0.379 e. The van der Waals surface area contributed by atoms with Gasteiger partial charge in [0.15, 0.2) is 0 Å². The molecule has 0 spiro atoms. The van der Waals surface area contributed by atoms with Crippen LogP contribution < -0.4 is 5.32 Å². The molecule has 0 fully saturated rings. The molecule has 0 aliphatic heterocycles. The molecule has 2 aromatic heterocycles. The molecule has 0 atom stereocenters. The molecule has 0 radical (unpaired) electrons. The first-order valence-corrected chi connectivity index (χ1v) is 6.77. The van der Waals surface area contributed by atoms with Gasteiger partial charge in [-0.05, 0) is 41.1 Å². The van der Waals surface area contributed by atoms with Gasteiger partial charge in [0, 0.05) is 17.5 Å². The van der Waals surface area contributed by atoms with Crippen molar-refractivity contribution in [2.24, 2.45) is 0 Å². The maximum absolute atomic E-state index is 10.6. The molecule has 5 nitrogen and oxygen atoms in total. The summed E-state index contributed by atoms with van der Waals surface area (Å²) in [7, 11) is 0. The third kappa shape index (κ3) is 3.05. The van der Waals surface area contributed by atoms with Crippen LogP contribution >= 0.6 is 27.3 Å². The van der Waals surface area contributed by atoms with E-state index in [4.69, 9.17) is 0 Å². The number of nitro groups is 1. The lowest BCUT2D eigenvalue weighted by atomic mass is 10.3. The van der Waals surface area contributed by atoms with E-state index in [9.17, 15) is 10.1 Å². The molecule has 0 bridgehead atoms. The lowest BCUT2D eigenvalue weighted by Crippen LogP contribution is -2.00. The number of aryl methyl sites for hydroxylation is 1. The van der Waals surface area contributed by atoms with Crippen molar-refractivity contribution in [3.8, 4) is 0 Å². The number of thiophene rings is 1. The maximum atomic E-state index is 10.6. The van der Waals surface area contributed by atoms with Crippen LogP contribution in [0.4, 0.5) is 10.7 Å². The monoisotopic (exact) mass is 327 g/mol. The predicted molar refractivity (Wildman–Crippen MR) is 75.0 cm³/mol. The maximum Gasteiger partial charge on any atom is 0.324 e. The predicted octanol–water partition coefficient (Wildman–Crippen LogP) is 3.73. The molecule has 0 amide bonds. The Kier molecular flexibility index (Phi) is 3.93. The highest BCUT2D eigenvalue weighted by molar-refractivity contribution is 9.10. The van der Waals surface area contributed by atoms with E-state index in [1.54, 1.807) is 6.07 Å². The number of hydrogen-bond acceptors (Lipinski definition) is 5. The van der Waals surface area contributed by atoms with E-state index < -0.39 is 0 Å². The van der Waals surface area contributed by atoms with Crippen molar-refractivity contribution in [1.29, 1.82) is 0 Å². The number of halogens is 1. The fourth-order valence-corrected chi connectivity index (χ4v) is 2.62. The Balaban J connectivity index is 2.04. The molecular formula is C11H10BrN3O2S. The number of aromatic nitrogens is 1. The van der Waals surface area contributed by atoms with Crippen LogP contribution in [0.25, 0.3) is 0 Å². The first-order chi connectivity index (χ1) is 8.56. The normalized spacial score (nSPS) is 10.3. The van der Waals surface area contributed by atoms with Crippen LogP contribution in [-0.2, 0) is 6.54 Å². The van der Waals surface area contributed by atoms with E-state index in [1.165, 1.54) is 17.4 Å². The molecule has 2 heterocycles. The van der Waals surface area contributed by atoms with Gasteiger partial charge in [0.25, 0.3) is 0 Å². The Morgan fingerprint density at radius 2 is 2.22 bits per heavy atom. The molecule has 0 aromatic carbocycles. The van der Waals surface area contributed by atoms with Crippen LogP contribution in [0, 0.1) is 17.0 Å². The van der Waals surface area contributed by atoms with Crippen molar-refractivity contribution in [3.05, 3.63) is 49.6 Å². The second-order valence-electron chi connectivity index (χ2n) is 3.62. The van der Waals surface area contributed by atoms with E-state index in [-0.39, 0.29) is 9.92 Å². The average molecular weight is 328 g/mol. The van der Waals surface area contributed by atoms with E-state index in [0.717, 1.165) is 20.9 Å². The van der Waals surface area contributed by atoms with Gasteiger partial charge in [0.1, 0.15) is 4.60 Å². The van der Waals surface area contributed by atoms with Crippen LogP contribution in [0.3, 0.4) is 0 Å². The lowest BCUT2D eigenvalue weighted by Gasteiger charge is -2.07. The molecule has 7 heteroatoms. The molecule has 2 aromatic rings. The molecule has 1 N–H and O–H groups in total. The molecule has 0 unspecified atom stereocenters. The van der Waals surface area contributed by atoms with Crippen LogP contribution in [0.1, 0.15) is 10.6 Å². The summed E-state index contributed by atoms with van der Waals surface area (Å²) in [6, 6.07) is 7.06. The first kappa shape index (κ1) is 13.0. The zero-order valence-corrected chi connectivity index (χ0v) is 11.9. The average Bonchev–Trinajstić information content (AvgIpc) is 2.76. The third-order valence-corrected chi connectivity index (χ3v) is 3.81. The Bertz CT molecular complexity index is 585. The highest BCUT2D eigenvalue weighted by Gasteiger charge is 2.09. The highest BCUT2D eigenvalue weighted by atomic mass is 79.9. The van der Waals surface area contributed by atoms with Crippen molar-refractivity contribution in [1.82, 2.24) is 4.98 Å². The van der Waals surface area contributed by atoms with Gasteiger partial charge in [0.2, 0.25) is 0 Å². The summed E-state index contributed by atoms with van der Waals surface area (Å²) in [5, 5.41) is 13.9. The Labute approximate surface area is 116 Å². The molecule has 0 saturated carbocycles. The summed E-state index contributed by atoms with van der Waals surface area (Å²) in [5.74, 6) is 0. The second-order valence-corrected chi connectivity index (χ2v) is 5.58. The molecule has 0 aliphatic carbocycles. The summed E-state index contributed by atoms with van der Waals surface area (Å²) < 4.78 is 0.789. The highest BCUT2D eigenvalue weighted by Crippen LogP contribution is 2.25. The summed E-state index contributed by atoms with van der Waals surface area (Å²) in [6.45, 7) is 2.46. The molecule has 94 valence electrons. The van der Waals surface area contributed by atoms with Crippen molar-refractivity contribution >= 4 is 38.0 Å². The minimum atomic E-state index is -0.374. The van der Waals surface area contributed by atoms with Crippen molar-refractivity contribution < 1.29 is 4.92 Å².